The van der Waals surface area contributed by atoms with Crippen molar-refractivity contribution in [3.05, 3.63) is 70.9 Å². The summed E-state index contributed by atoms with van der Waals surface area (Å²) < 4.78 is 5.12. The molecular weight excluding hydrogens is 376 g/mol. The predicted octanol–water partition coefficient (Wildman–Crippen LogP) is 4.17. The highest BCUT2D eigenvalue weighted by Gasteiger charge is 2.44. The van der Waals surface area contributed by atoms with Crippen LogP contribution in [0.5, 0.6) is 0 Å². The molecule has 2 heterocycles. The lowest BCUT2D eigenvalue weighted by atomic mass is 9.72. The fourth-order valence-electron chi connectivity index (χ4n) is 4.04. The fraction of sp³-hybridized carbons (Fsp3) is 0.273. The molecule has 0 saturated carbocycles. The van der Waals surface area contributed by atoms with Crippen LogP contribution in [0.3, 0.4) is 0 Å². The van der Waals surface area contributed by atoms with Crippen LogP contribution in [-0.2, 0) is 14.9 Å². The number of H-pyrrole nitrogens is 1. The molecule has 0 spiro atoms. The summed E-state index contributed by atoms with van der Waals surface area (Å²) in [5.74, 6) is -0.315. The zero-order chi connectivity index (χ0) is 19.7. The third kappa shape index (κ3) is 3.16. The minimum absolute atomic E-state index is 0.0705. The number of nitrogens with one attached hydrogen (secondary N) is 1. The average Bonchev–Trinajstić information content (AvgIpc) is 3.16. The second kappa shape index (κ2) is 7.32. The van der Waals surface area contributed by atoms with Crippen molar-refractivity contribution < 1.29 is 14.3 Å². The molecule has 1 saturated heterocycles. The Balaban J connectivity index is 1.56. The number of hydrogen-bond donors (Lipinski definition) is 1. The second-order valence-electron chi connectivity index (χ2n) is 7.15. The monoisotopic (exact) mass is 396 g/mol. The summed E-state index contributed by atoms with van der Waals surface area (Å²) in [7, 11) is 1.42. The van der Waals surface area contributed by atoms with Crippen molar-refractivity contribution in [2.45, 2.75) is 18.3 Å². The minimum atomic E-state index is -0.708. The number of likely N-dealkylation sites (tertiary alicyclic amines) is 1. The first-order chi connectivity index (χ1) is 13.5. The van der Waals surface area contributed by atoms with Gasteiger partial charge in [0, 0.05) is 29.0 Å². The lowest BCUT2D eigenvalue weighted by molar-refractivity contribution is -0.149. The van der Waals surface area contributed by atoms with Gasteiger partial charge in [-0.25, -0.2) is 0 Å². The molecule has 1 amide bonds. The Morgan fingerprint density at radius 1 is 1.07 bits per heavy atom. The number of piperidine rings is 1. The van der Waals surface area contributed by atoms with Crippen molar-refractivity contribution >= 4 is 34.4 Å². The number of aromatic nitrogens is 1. The minimum Gasteiger partial charge on any atom is -0.468 e. The third-order valence-electron chi connectivity index (χ3n) is 5.62. The topological polar surface area (TPSA) is 62.4 Å². The zero-order valence-electron chi connectivity index (χ0n) is 15.6. The number of benzene rings is 2. The van der Waals surface area contributed by atoms with E-state index in [1.165, 1.54) is 7.11 Å². The Hall–Kier alpha value is -2.79. The molecule has 2 aromatic carbocycles. The summed E-state index contributed by atoms with van der Waals surface area (Å²) in [4.78, 5) is 30.6. The van der Waals surface area contributed by atoms with E-state index in [1.54, 1.807) is 11.0 Å². The van der Waals surface area contributed by atoms with Crippen LogP contribution in [-0.4, -0.2) is 42.0 Å². The normalized spacial score (nSPS) is 16.1. The number of fused-ring (bicyclic) bond motifs is 1. The molecule has 1 aromatic heterocycles. The van der Waals surface area contributed by atoms with Crippen molar-refractivity contribution in [1.82, 2.24) is 9.88 Å². The summed E-state index contributed by atoms with van der Waals surface area (Å²) in [6, 6.07) is 17.0. The van der Waals surface area contributed by atoms with E-state index in [2.05, 4.69) is 4.98 Å². The highest BCUT2D eigenvalue weighted by atomic mass is 35.5. The molecule has 3 aromatic rings. The number of amides is 1. The van der Waals surface area contributed by atoms with Crippen molar-refractivity contribution in [1.29, 1.82) is 0 Å². The first-order valence-electron chi connectivity index (χ1n) is 9.25. The number of carbonyl (C=O) groups is 2. The van der Waals surface area contributed by atoms with Crippen molar-refractivity contribution in [2.75, 3.05) is 20.2 Å². The fourth-order valence-corrected chi connectivity index (χ4v) is 4.22. The first kappa shape index (κ1) is 18.6. The summed E-state index contributed by atoms with van der Waals surface area (Å²) in [6.07, 6.45) is 1.06. The summed E-state index contributed by atoms with van der Waals surface area (Å²) >= 11 is 6.04. The molecule has 1 aliphatic rings. The number of esters is 1. The Bertz CT molecular complexity index is 1020. The number of rotatable bonds is 3. The van der Waals surface area contributed by atoms with Crippen LogP contribution in [0.25, 0.3) is 10.9 Å². The summed E-state index contributed by atoms with van der Waals surface area (Å²) in [6.45, 7) is 0.970. The highest BCUT2D eigenvalue weighted by Crippen LogP contribution is 2.37. The summed E-state index contributed by atoms with van der Waals surface area (Å²) in [5, 5.41) is 1.54. The third-order valence-corrected chi connectivity index (χ3v) is 5.86. The van der Waals surface area contributed by atoms with E-state index in [4.69, 9.17) is 16.3 Å². The van der Waals surface area contributed by atoms with Crippen LogP contribution >= 0.6 is 11.6 Å². The molecule has 0 atom stereocenters. The Labute approximate surface area is 168 Å². The van der Waals surface area contributed by atoms with E-state index >= 15 is 0 Å². The molecule has 144 valence electrons. The van der Waals surface area contributed by atoms with Gasteiger partial charge in [0.15, 0.2) is 0 Å². The van der Waals surface area contributed by atoms with E-state index in [-0.39, 0.29) is 11.9 Å². The number of carbonyl (C=O) groups excluding carboxylic acids is 2. The van der Waals surface area contributed by atoms with Gasteiger partial charge in [0.25, 0.3) is 5.91 Å². The van der Waals surface area contributed by atoms with Gasteiger partial charge in [-0.05, 0) is 42.7 Å². The number of ether oxygens (including phenoxy) is 1. The molecule has 0 bridgehead atoms. The number of halogens is 1. The van der Waals surface area contributed by atoms with Crippen molar-refractivity contribution in [3.63, 3.8) is 0 Å². The van der Waals surface area contributed by atoms with Crippen LogP contribution in [0, 0.1) is 0 Å². The van der Waals surface area contributed by atoms with E-state index in [0.717, 1.165) is 16.5 Å². The van der Waals surface area contributed by atoms with Gasteiger partial charge >= 0.3 is 5.97 Å². The second-order valence-corrected chi connectivity index (χ2v) is 7.58. The summed E-state index contributed by atoms with van der Waals surface area (Å²) in [5.41, 5.74) is 1.63. The number of aromatic amines is 1. The van der Waals surface area contributed by atoms with Gasteiger partial charge < -0.3 is 14.6 Å². The van der Waals surface area contributed by atoms with Gasteiger partial charge in [-0.2, -0.15) is 0 Å². The van der Waals surface area contributed by atoms with Crippen LogP contribution < -0.4 is 0 Å². The molecule has 1 fully saturated rings. The molecule has 6 heteroatoms. The Morgan fingerprint density at radius 2 is 1.79 bits per heavy atom. The van der Waals surface area contributed by atoms with Crippen LogP contribution in [0.15, 0.2) is 54.6 Å². The molecule has 1 N–H and O–H groups in total. The van der Waals surface area contributed by atoms with E-state index in [9.17, 15) is 9.59 Å². The van der Waals surface area contributed by atoms with Crippen LogP contribution in [0.1, 0.15) is 28.9 Å². The van der Waals surface area contributed by atoms with Gasteiger partial charge in [0.1, 0.15) is 5.69 Å². The zero-order valence-corrected chi connectivity index (χ0v) is 16.3. The molecule has 5 nitrogen and oxygen atoms in total. The van der Waals surface area contributed by atoms with Gasteiger partial charge in [-0.1, -0.05) is 41.9 Å². The smallest absolute Gasteiger partial charge is 0.316 e. The van der Waals surface area contributed by atoms with E-state index < -0.39 is 5.41 Å². The molecule has 0 aliphatic carbocycles. The maximum Gasteiger partial charge on any atom is 0.316 e. The van der Waals surface area contributed by atoms with Gasteiger partial charge in [0.05, 0.1) is 12.5 Å². The van der Waals surface area contributed by atoms with Crippen LogP contribution in [0.2, 0.25) is 5.02 Å². The van der Waals surface area contributed by atoms with Gasteiger partial charge in [-0.3, -0.25) is 9.59 Å². The van der Waals surface area contributed by atoms with E-state index in [1.807, 2.05) is 48.5 Å². The first-order valence-corrected chi connectivity index (χ1v) is 9.63. The van der Waals surface area contributed by atoms with Crippen molar-refractivity contribution in [3.8, 4) is 0 Å². The molecular formula is C22H21ClN2O3. The Morgan fingerprint density at radius 3 is 2.46 bits per heavy atom. The molecule has 1 aliphatic heterocycles. The highest BCUT2D eigenvalue weighted by molar-refractivity contribution is 6.31. The maximum atomic E-state index is 13.0. The van der Waals surface area contributed by atoms with Gasteiger partial charge in [0.2, 0.25) is 0 Å². The predicted molar refractivity (Wildman–Crippen MR) is 109 cm³/mol. The Kier molecular flexibility index (Phi) is 4.85. The van der Waals surface area contributed by atoms with E-state index in [0.29, 0.717) is 36.6 Å². The largest absolute Gasteiger partial charge is 0.468 e. The van der Waals surface area contributed by atoms with Crippen molar-refractivity contribution in [2.24, 2.45) is 0 Å². The average molecular weight is 397 g/mol. The van der Waals surface area contributed by atoms with Crippen LogP contribution in [0.4, 0.5) is 0 Å². The number of hydrogen-bond acceptors (Lipinski definition) is 3. The molecule has 0 unspecified atom stereocenters. The lowest BCUT2D eigenvalue weighted by Crippen LogP contribution is -2.49. The number of methoxy groups -OCH3 is 1. The molecule has 28 heavy (non-hydrogen) atoms. The molecule has 0 radical (unpaired) electrons. The number of nitrogens with zero attached hydrogens (tertiary/aromatic N) is 1. The van der Waals surface area contributed by atoms with Gasteiger partial charge in [-0.15, -0.1) is 0 Å². The lowest BCUT2D eigenvalue weighted by Gasteiger charge is -2.39. The standard InChI is InChI=1S/C22H21ClN2O3/c1-28-21(27)22(16-5-3-2-4-6-16)9-11-25(12-10-22)20(26)19-14-15-13-17(23)7-8-18(15)24-19/h2-8,13-14,24H,9-12H2,1H3. The SMILES string of the molecule is COC(=O)C1(c2ccccc2)CCN(C(=O)c2cc3cc(Cl)ccc3[nH]2)CC1. The quantitative estimate of drug-likeness (QED) is 0.676. The molecule has 4 rings (SSSR count). The maximum absolute atomic E-state index is 13.0.